The number of halogens is 1. The quantitative estimate of drug-likeness (QED) is 0.879. The summed E-state index contributed by atoms with van der Waals surface area (Å²) in [5.74, 6) is -1.64. The molecular weight excluding hydrogens is 272 g/mol. The average molecular weight is 281 g/mol. The summed E-state index contributed by atoms with van der Waals surface area (Å²) in [5, 5.41) is 18.8. The Morgan fingerprint density at radius 2 is 2.11 bits per heavy atom. The van der Waals surface area contributed by atoms with Crippen molar-refractivity contribution in [3.05, 3.63) is 41.2 Å². The van der Waals surface area contributed by atoms with Crippen molar-refractivity contribution in [1.82, 2.24) is 15.0 Å². The lowest BCUT2D eigenvalue weighted by atomic mass is 10.3. The fourth-order valence-electron chi connectivity index (χ4n) is 1.43. The Labute approximate surface area is 112 Å². The highest BCUT2D eigenvalue weighted by Gasteiger charge is 2.14. The molecule has 0 aliphatic heterocycles. The maximum atomic E-state index is 11.8. The number of carboxylic acids is 1. The maximum absolute atomic E-state index is 11.8. The van der Waals surface area contributed by atoms with Crippen LogP contribution < -0.4 is 5.32 Å². The van der Waals surface area contributed by atoms with Crippen LogP contribution in [0.1, 0.15) is 10.5 Å². The van der Waals surface area contributed by atoms with E-state index in [1.807, 2.05) is 0 Å². The van der Waals surface area contributed by atoms with Gasteiger partial charge in [-0.3, -0.25) is 4.79 Å². The first-order chi connectivity index (χ1) is 9.08. The Morgan fingerprint density at radius 3 is 2.79 bits per heavy atom. The summed E-state index contributed by atoms with van der Waals surface area (Å²) in [5.41, 5.74) is 0.292. The Hall–Kier alpha value is -2.41. The molecule has 0 radical (unpaired) electrons. The highest BCUT2D eigenvalue weighted by Crippen LogP contribution is 2.20. The number of nitrogens with one attached hydrogen (secondary N) is 1. The van der Waals surface area contributed by atoms with Crippen molar-refractivity contribution in [3.8, 4) is 0 Å². The molecule has 98 valence electrons. The van der Waals surface area contributed by atoms with Crippen LogP contribution in [-0.4, -0.2) is 32.0 Å². The lowest BCUT2D eigenvalue weighted by Gasteiger charge is -2.07. The molecule has 1 amide bonds. The monoisotopic (exact) mass is 280 g/mol. The van der Waals surface area contributed by atoms with E-state index in [0.29, 0.717) is 10.7 Å². The van der Waals surface area contributed by atoms with Crippen molar-refractivity contribution in [3.63, 3.8) is 0 Å². The van der Waals surface area contributed by atoms with E-state index >= 15 is 0 Å². The smallest absolute Gasteiger partial charge is 0.355 e. The molecule has 0 unspecified atom stereocenters. The van der Waals surface area contributed by atoms with Crippen molar-refractivity contribution >= 4 is 29.2 Å². The number of amides is 1. The van der Waals surface area contributed by atoms with E-state index in [0.717, 1.165) is 10.9 Å². The number of aromatic nitrogens is 3. The number of aromatic carboxylic acids is 1. The molecule has 1 heterocycles. The SMILES string of the molecule is O=C(Cn1nncc1C(=O)O)Nc1ccccc1Cl. The van der Waals surface area contributed by atoms with Crippen LogP contribution in [-0.2, 0) is 11.3 Å². The second-order valence-corrected chi connectivity index (χ2v) is 4.02. The van der Waals surface area contributed by atoms with Crippen LogP contribution in [0.5, 0.6) is 0 Å². The summed E-state index contributed by atoms with van der Waals surface area (Å²) in [7, 11) is 0. The molecule has 0 atom stereocenters. The largest absolute Gasteiger partial charge is 0.476 e. The zero-order valence-electron chi connectivity index (χ0n) is 9.58. The summed E-state index contributed by atoms with van der Waals surface area (Å²) in [6.07, 6.45) is 1.07. The van der Waals surface area contributed by atoms with E-state index in [4.69, 9.17) is 16.7 Å². The molecule has 2 rings (SSSR count). The van der Waals surface area contributed by atoms with Crippen LogP contribution in [0.2, 0.25) is 5.02 Å². The van der Waals surface area contributed by atoms with Gasteiger partial charge in [0.05, 0.1) is 16.9 Å². The number of carboxylic acid groups (broad SMARTS) is 1. The van der Waals surface area contributed by atoms with Crippen molar-refractivity contribution in [1.29, 1.82) is 0 Å². The molecule has 0 bridgehead atoms. The number of para-hydroxylation sites is 1. The Kier molecular flexibility index (Phi) is 3.76. The van der Waals surface area contributed by atoms with Gasteiger partial charge in [-0.1, -0.05) is 28.9 Å². The summed E-state index contributed by atoms with van der Waals surface area (Å²) < 4.78 is 0.995. The molecule has 8 heteroatoms. The minimum absolute atomic E-state index is 0.158. The molecule has 2 aromatic rings. The standard InChI is InChI=1S/C11H9ClN4O3/c12-7-3-1-2-4-8(7)14-10(17)6-16-9(11(18)19)5-13-15-16/h1-5H,6H2,(H,14,17)(H,18,19). The summed E-state index contributed by atoms with van der Waals surface area (Å²) in [6.45, 7) is -0.257. The average Bonchev–Trinajstić information content (AvgIpc) is 2.80. The van der Waals surface area contributed by atoms with Gasteiger partial charge in [0.2, 0.25) is 5.91 Å². The first kappa shape index (κ1) is 13.0. The molecule has 7 nitrogen and oxygen atoms in total. The van der Waals surface area contributed by atoms with Crippen molar-refractivity contribution in [2.24, 2.45) is 0 Å². The third-order valence-corrected chi connectivity index (χ3v) is 2.61. The maximum Gasteiger partial charge on any atom is 0.355 e. The molecule has 1 aromatic carbocycles. The number of carbonyl (C=O) groups is 2. The number of benzene rings is 1. The number of hydrogen-bond acceptors (Lipinski definition) is 4. The van der Waals surface area contributed by atoms with Crippen LogP contribution in [0, 0.1) is 0 Å². The molecular formula is C11H9ClN4O3. The van der Waals surface area contributed by atoms with Crippen molar-refractivity contribution in [2.45, 2.75) is 6.54 Å². The summed E-state index contributed by atoms with van der Waals surface area (Å²) >= 11 is 5.89. The molecule has 0 spiro atoms. The number of hydrogen-bond donors (Lipinski definition) is 2. The first-order valence-corrected chi connectivity index (χ1v) is 5.62. The molecule has 0 fully saturated rings. The molecule has 2 N–H and O–H groups in total. The zero-order chi connectivity index (χ0) is 13.8. The van der Waals surface area contributed by atoms with Gasteiger partial charge in [0, 0.05) is 0 Å². The normalized spacial score (nSPS) is 10.2. The number of anilines is 1. The minimum Gasteiger partial charge on any atom is -0.476 e. The molecule has 0 saturated heterocycles. The lowest BCUT2D eigenvalue weighted by Crippen LogP contribution is -2.22. The van der Waals surface area contributed by atoms with Crippen LogP contribution in [0.3, 0.4) is 0 Å². The Morgan fingerprint density at radius 1 is 1.37 bits per heavy atom. The molecule has 1 aromatic heterocycles. The van der Waals surface area contributed by atoms with Crippen LogP contribution >= 0.6 is 11.6 Å². The van der Waals surface area contributed by atoms with Gasteiger partial charge >= 0.3 is 5.97 Å². The fourth-order valence-corrected chi connectivity index (χ4v) is 1.61. The van der Waals surface area contributed by atoms with Crippen LogP contribution in [0.4, 0.5) is 5.69 Å². The molecule has 0 saturated carbocycles. The first-order valence-electron chi connectivity index (χ1n) is 5.24. The second kappa shape index (κ2) is 5.49. The summed E-state index contributed by atoms with van der Waals surface area (Å²) in [4.78, 5) is 22.6. The van der Waals surface area contributed by atoms with Gasteiger partial charge in [-0.25, -0.2) is 9.48 Å². The number of nitrogens with zero attached hydrogens (tertiary/aromatic N) is 3. The topological polar surface area (TPSA) is 97.1 Å². The second-order valence-electron chi connectivity index (χ2n) is 3.61. The Bertz CT molecular complexity index is 626. The van der Waals surface area contributed by atoms with Gasteiger partial charge in [0.1, 0.15) is 6.54 Å². The molecule has 19 heavy (non-hydrogen) atoms. The summed E-state index contributed by atoms with van der Waals surface area (Å²) in [6, 6.07) is 6.73. The van der Waals surface area contributed by atoms with Gasteiger partial charge < -0.3 is 10.4 Å². The number of carbonyl (C=O) groups excluding carboxylic acids is 1. The highest BCUT2D eigenvalue weighted by atomic mass is 35.5. The van der Waals surface area contributed by atoms with E-state index < -0.39 is 11.9 Å². The van der Waals surface area contributed by atoms with Crippen molar-refractivity contribution in [2.75, 3.05) is 5.32 Å². The van der Waals surface area contributed by atoms with Crippen molar-refractivity contribution < 1.29 is 14.7 Å². The van der Waals surface area contributed by atoms with Crippen LogP contribution in [0.15, 0.2) is 30.5 Å². The van der Waals surface area contributed by atoms with E-state index in [1.165, 1.54) is 0 Å². The Balaban J connectivity index is 2.08. The van der Waals surface area contributed by atoms with Gasteiger partial charge in [-0.05, 0) is 12.1 Å². The molecule has 0 aliphatic rings. The van der Waals surface area contributed by atoms with E-state index in [-0.39, 0.29) is 12.2 Å². The third kappa shape index (κ3) is 3.08. The van der Waals surface area contributed by atoms with Gasteiger partial charge in [0.15, 0.2) is 5.69 Å². The fraction of sp³-hybridized carbons (Fsp3) is 0.0909. The van der Waals surface area contributed by atoms with E-state index in [2.05, 4.69) is 15.6 Å². The number of rotatable bonds is 4. The van der Waals surface area contributed by atoms with Crippen LogP contribution in [0.25, 0.3) is 0 Å². The van der Waals surface area contributed by atoms with E-state index in [9.17, 15) is 9.59 Å². The molecule has 0 aliphatic carbocycles. The predicted molar refractivity (Wildman–Crippen MR) is 67.1 cm³/mol. The van der Waals surface area contributed by atoms with E-state index in [1.54, 1.807) is 24.3 Å². The zero-order valence-corrected chi connectivity index (χ0v) is 10.3. The minimum atomic E-state index is -1.20. The predicted octanol–water partition coefficient (Wildman–Crippen LogP) is 1.27. The lowest BCUT2D eigenvalue weighted by molar-refractivity contribution is -0.116. The van der Waals surface area contributed by atoms with Gasteiger partial charge in [-0.2, -0.15) is 0 Å². The third-order valence-electron chi connectivity index (χ3n) is 2.28. The van der Waals surface area contributed by atoms with Gasteiger partial charge in [0.25, 0.3) is 0 Å². The highest BCUT2D eigenvalue weighted by molar-refractivity contribution is 6.33. The van der Waals surface area contributed by atoms with Gasteiger partial charge in [-0.15, -0.1) is 5.10 Å².